The van der Waals surface area contributed by atoms with Crippen LogP contribution in [0.3, 0.4) is 0 Å². The van der Waals surface area contributed by atoms with Crippen LogP contribution in [0.1, 0.15) is 25.8 Å². The summed E-state index contributed by atoms with van der Waals surface area (Å²) in [6, 6.07) is 11.9. The summed E-state index contributed by atoms with van der Waals surface area (Å²) in [6.45, 7) is 3.59. The lowest BCUT2D eigenvalue weighted by atomic mass is 10.2. The van der Waals surface area contributed by atoms with Gasteiger partial charge in [-0.2, -0.15) is 5.10 Å². The Morgan fingerprint density at radius 1 is 1.07 bits per heavy atom. The molecule has 2 aromatic carbocycles. The highest BCUT2D eigenvalue weighted by atomic mass is 19.1. The molecule has 0 bridgehead atoms. The summed E-state index contributed by atoms with van der Waals surface area (Å²) in [5.41, 5.74) is 3.31. The normalized spacial score (nSPS) is 11.6. The van der Waals surface area contributed by atoms with Crippen LogP contribution in [0.25, 0.3) is 0 Å². The van der Waals surface area contributed by atoms with Gasteiger partial charge in [-0.3, -0.25) is 9.59 Å². The molecular formula is C21H22FN3O5. The van der Waals surface area contributed by atoms with Gasteiger partial charge in [-0.25, -0.2) is 14.6 Å². The van der Waals surface area contributed by atoms with Crippen molar-refractivity contribution >= 4 is 29.7 Å². The predicted molar refractivity (Wildman–Crippen MR) is 109 cm³/mol. The molecule has 0 aromatic heterocycles. The van der Waals surface area contributed by atoms with Gasteiger partial charge in [0.05, 0.1) is 12.8 Å². The fourth-order valence-electron chi connectivity index (χ4n) is 2.25. The number of nitrogens with zero attached hydrogens (tertiary/aromatic N) is 1. The van der Waals surface area contributed by atoms with Gasteiger partial charge in [-0.15, -0.1) is 0 Å². The van der Waals surface area contributed by atoms with Crippen LogP contribution in [0.2, 0.25) is 0 Å². The number of carbonyl (C=O) groups is 3. The largest absolute Gasteiger partial charge is 0.479 e. The Balaban J connectivity index is 1.77. The van der Waals surface area contributed by atoms with E-state index in [0.29, 0.717) is 17.0 Å². The highest BCUT2D eigenvalue weighted by Crippen LogP contribution is 2.13. The molecule has 0 spiro atoms. The van der Waals surface area contributed by atoms with Gasteiger partial charge in [-0.05, 0) is 67.9 Å². The van der Waals surface area contributed by atoms with E-state index in [9.17, 15) is 18.8 Å². The summed E-state index contributed by atoms with van der Waals surface area (Å²) in [6.07, 6.45) is 0.228. The molecule has 0 radical (unpaired) electrons. The average molecular weight is 415 g/mol. The maximum atomic E-state index is 12.8. The fourth-order valence-corrected chi connectivity index (χ4v) is 2.25. The first-order chi connectivity index (χ1) is 14.4. The zero-order valence-corrected chi connectivity index (χ0v) is 16.6. The number of hydrogen-bond donors (Lipinski definition) is 2. The standard InChI is InChI=1S/C21H22FN3O5/c1-3-29-21(28)14(2)30-18-10-4-15(5-11-18)13-23-25-20(27)12-19(26)24-17-8-6-16(22)7-9-17/h4-11,13-14H,3,12H2,1-2H3,(H,24,26)(H,25,27). The Morgan fingerprint density at radius 3 is 2.37 bits per heavy atom. The lowest BCUT2D eigenvalue weighted by Crippen LogP contribution is -2.26. The molecule has 0 heterocycles. The van der Waals surface area contributed by atoms with E-state index < -0.39 is 36.1 Å². The number of amides is 2. The van der Waals surface area contributed by atoms with Crippen LogP contribution in [0.4, 0.5) is 10.1 Å². The molecule has 30 heavy (non-hydrogen) atoms. The Hall–Kier alpha value is -3.75. The molecule has 2 rings (SSSR count). The third-order valence-corrected chi connectivity index (χ3v) is 3.66. The molecule has 1 atom stereocenters. The first-order valence-corrected chi connectivity index (χ1v) is 9.18. The smallest absolute Gasteiger partial charge is 0.347 e. The van der Waals surface area contributed by atoms with Crippen molar-refractivity contribution in [2.45, 2.75) is 26.4 Å². The topological polar surface area (TPSA) is 106 Å². The number of benzene rings is 2. The highest BCUT2D eigenvalue weighted by molar-refractivity contribution is 6.03. The zero-order chi connectivity index (χ0) is 21.9. The minimum absolute atomic E-state index is 0.279. The van der Waals surface area contributed by atoms with Crippen LogP contribution < -0.4 is 15.5 Å². The Labute approximate surface area is 173 Å². The molecule has 0 saturated heterocycles. The van der Waals surface area contributed by atoms with Crippen molar-refractivity contribution in [2.75, 3.05) is 11.9 Å². The molecule has 0 aliphatic rings. The quantitative estimate of drug-likeness (QED) is 0.283. The Bertz CT molecular complexity index is 898. The number of anilines is 1. The number of ether oxygens (including phenoxy) is 2. The summed E-state index contributed by atoms with van der Waals surface area (Å²) in [4.78, 5) is 35.1. The van der Waals surface area contributed by atoms with E-state index in [1.54, 1.807) is 38.1 Å². The van der Waals surface area contributed by atoms with Crippen molar-refractivity contribution in [1.82, 2.24) is 5.43 Å². The maximum absolute atomic E-state index is 12.8. The van der Waals surface area contributed by atoms with E-state index >= 15 is 0 Å². The van der Waals surface area contributed by atoms with Gasteiger partial charge in [0.15, 0.2) is 6.10 Å². The molecule has 2 N–H and O–H groups in total. The summed E-state index contributed by atoms with van der Waals surface area (Å²) in [5.74, 6) is -1.54. The molecule has 1 unspecified atom stereocenters. The van der Waals surface area contributed by atoms with Gasteiger partial charge >= 0.3 is 5.97 Å². The lowest BCUT2D eigenvalue weighted by Gasteiger charge is -2.13. The SMILES string of the molecule is CCOC(=O)C(C)Oc1ccc(C=NNC(=O)CC(=O)Nc2ccc(F)cc2)cc1. The van der Waals surface area contributed by atoms with Gasteiger partial charge in [0.25, 0.3) is 0 Å². The molecule has 0 aliphatic heterocycles. The second-order valence-electron chi connectivity index (χ2n) is 6.11. The number of halogens is 1. The number of hydrogen-bond acceptors (Lipinski definition) is 6. The minimum Gasteiger partial charge on any atom is -0.479 e. The molecule has 2 aromatic rings. The van der Waals surface area contributed by atoms with E-state index in [-0.39, 0.29) is 6.61 Å². The molecular weight excluding hydrogens is 393 g/mol. The maximum Gasteiger partial charge on any atom is 0.347 e. The second kappa shape index (κ2) is 11.3. The molecule has 0 fully saturated rings. The molecule has 8 nitrogen and oxygen atoms in total. The number of nitrogens with one attached hydrogen (secondary N) is 2. The molecule has 0 aliphatic carbocycles. The Morgan fingerprint density at radius 2 is 1.73 bits per heavy atom. The van der Waals surface area contributed by atoms with Crippen LogP contribution in [0.15, 0.2) is 53.6 Å². The second-order valence-corrected chi connectivity index (χ2v) is 6.11. The number of carbonyl (C=O) groups excluding carboxylic acids is 3. The van der Waals surface area contributed by atoms with Crippen LogP contribution >= 0.6 is 0 Å². The van der Waals surface area contributed by atoms with E-state index in [0.717, 1.165) is 0 Å². The third-order valence-electron chi connectivity index (χ3n) is 3.66. The van der Waals surface area contributed by atoms with Crippen molar-refractivity contribution in [1.29, 1.82) is 0 Å². The first-order valence-electron chi connectivity index (χ1n) is 9.18. The van der Waals surface area contributed by atoms with Gasteiger partial charge in [0, 0.05) is 5.69 Å². The van der Waals surface area contributed by atoms with Crippen LogP contribution in [0, 0.1) is 5.82 Å². The Kier molecular flexibility index (Phi) is 8.49. The van der Waals surface area contributed by atoms with Crippen molar-refractivity contribution in [3.63, 3.8) is 0 Å². The molecule has 9 heteroatoms. The monoisotopic (exact) mass is 415 g/mol. The van der Waals surface area contributed by atoms with E-state index in [1.807, 2.05) is 0 Å². The van der Waals surface area contributed by atoms with Crippen molar-refractivity contribution < 1.29 is 28.2 Å². The van der Waals surface area contributed by atoms with Crippen molar-refractivity contribution in [3.8, 4) is 5.75 Å². The highest BCUT2D eigenvalue weighted by Gasteiger charge is 2.15. The van der Waals surface area contributed by atoms with Crippen LogP contribution in [-0.4, -0.2) is 36.7 Å². The van der Waals surface area contributed by atoms with Crippen LogP contribution in [-0.2, 0) is 19.1 Å². The number of esters is 1. The van der Waals surface area contributed by atoms with E-state index in [2.05, 4.69) is 15.8 Å². The third kappa shape index (κ3) is 7.70. The summed E-state index contributed by atoms with van der Waals surface area (Å²) >= 11 is 0. The van der Waals surface area contributed by atoms with Crippen LogP contribution in [0.5, 0.6) is 5.75 Å². The van der Waals surface area contributed by atoms with Crippen molar-refractivity contribution in [3.05, 3.63) is 59.9 Å². The van der Waals surface area contributed by atoms with E-state index in [4.69, 9.17) is 9.47 Å². The number of hydrazone groups is 1. The summed E-state index contributed by atoms with van der Waals surface area (Å²) in [7, 11) is 0. The van der Waals surface area contributed by atoms with E-state index in [1.165, 1.54) is 30.5 Å². The summed E-state index contributed by atoms with van der Waals surface area (Å²) < 4.78 is 23.2. The molecule has 0 saturated carbocycles. The average Bonchev–Trinajstić information content (AvgIpc) is 2.71. The minimum atomic E-state index is -0.732. The van der Waals surface area contributed by atoms with Gasteiger partial charge < -0.3 is 14.8 Å². The van der Waals surface area contributed by atoms with Gasteiger partial charge in [0.2, 0.25) is 11.8 Å². The lowest BCUT2D eigenvalue weighted by molar-refractivity contribution is -0.150. The van der Waals surface area contributed by atoms with Gasteiger partial charge in [0.1, 0.15) is 18.0 Å². The summed E-state index contributed by atoms with van der Waals surface area (Å²) in [5, 5.41) is 6.27. The zero-order valence-electron chi connectivity index (χ0n) is 16.6. The van der Waals surface area contributed by atoms with Gasteiger partial charge in [-0.1, -0.05) is 0 Å². The fraction of sp³-hybridized carbons (Fsp3) is 0.238. The first kappa shape index (κ1) is 22.5. The number of rotatable bonds is 9. The molecule has 158 valence electrons. The van der Waals surface area contributed by atoms with Crippen molar-refractivity contribution in [2.24, 2.45) is 5.10 Å². The molecule has 2 amide bonds. The predicted octanol–water partition coefficient (Wildman–Crippen LogP) is 2.64.